The number of sulfone groups is 1. The molecule has 2 heterocycles. The van der Waals surface area contributed by atoms with Crippen molar-refractivity contribution in [2.24, 2.45) is 0 Å². The summed E-state index contributed by atoms with van der Waals surface area (Å²) in [6.07, 6.45) is 0. The first-order valence-electron chi connectivity index (χ1n) is 5.29. The first-order chi connectivity index (χ1) is 8.43. The topological polar surface area (TPSA) is 91.7 Å². The van der Waals surface area contributed by atoms with Crippen LogP contribution in [-0.4, -0.2) is 42.1 Å². The Kier molecular flexibility index (Phi) is 2.07. The zero-order valence-electron chi connectivity index (χ0n) is 9.11. The second-order valence-electron chi connectivity index (χ2n) is 4.34. The van der Waals surface area contributed by atoms with Crippen molar-refractivity contribution >= 4 is 21.7 Å². The predicted octanol–water partition coefficient (Wildman–Crippen LogP) is 0.0226. The van der Waals surface area contributed by atoms with Gasteiger partial charge in [-0.2, -0.15) is 0 Å². The number of carbonyl (C=O) groups is 2. The molecule has 1 aromatic carbocycles. The molecule has 1 fully saturated rings. The van der Waals surface area contributed by atoms with Crippen LogP contribution in [-0.2, 0) is 14.6 Å². The number of fused-ring (bicyclic) bond motifs is 3. The third kappa shape index (κ3) is 1.25. The first-order valence-corrected chi connectivity index (χ1v) is 7.01. The van der Waals surface area contributed by atoms with E-state index in [1.54, 1.807) is 18.2 Å². The molecule has 0 spiro atoms. The highest BCUT2D eigenvalue weighted by Crippen LogP contribution is 2.44. The van der Waals surface area contributed by atoms with E-state index in [0.717, 1.165) is 4.90 Å². The average molecular weight is 267 g/mol. The Morgan fingerprint density at radius 3 is 2.67 bits per heavy atom. The van der Waals surface area contributed by atoms with E-state index in [0.29, 0.717) is 5.56 Å². The Morgan fingerprint density at radius 1 is 1.33 bits per heavy atom. The summed E-state index contributed by atoms with van der Waals surface area (Å²) in [6.45, 7) is 0. The molecule has 1 aromatic rings. The number of hydrogen-bond acceptors (Lipinski definition) is 4. The maximum atomic E-state index is 12.1. The Balaban J connectivity index is 2.23. The summed E-state index contributed by atoms with van der Waals surface area (Å²) in [5.41, 5.74) is 0.656. The smallest absolute Gasteiger partial charge is 0.327 e. The van der Waals surface area contributed by atoms with E-state index in [4.69, 9.17) is 5.11 Å². The number of benzene rings is 1. The van der Waals surface area contributed by atoms with Gasteiger partial charge >= 0.3 is 5.97 Å². The minimum absolute atomic E-state index is 0.275. The minimum Gasteiger partial charge on any atom is -0.480 e. The molecule has 1 N–H and O–H groups in total. The SMILES string of the molecule is O=C(O)[C@@H]1CS(=O)(=O)C2c3ccccc3C(=O)N21. The van der Waals surface area contributed by atoms with Gasteiger partial charge in [-0.15, -0.1) is 0 Å². The van der Waals surface area contributed by atoms with Crippen LogP contribution in [0.3, 0.4) is 0 Å². The number of carbonyl (C=O) groups excluding carboxylic acids is 1. The molecule has 94 valence electrons. The molecule has 18 heavy (non-hydrogen) atoms. The van der Waals surface area contributed by atoms with E-state index in [2.05, 4.69) is 0 Å². The molecule has 0 saturated carbocycles. The van der Waals surface area contributed by atoms with Gasteiger partial charge in [0.25, 0.3) is 5.91 Å². The molecule has 0 radical (unpaired) electrons. The van der Waals surface area contributed by atoms with E-state index < -0.39 is 38.9 Å². The molecule has 3 rings (SSSR count). The van der Waals surface area contributed by atoms with Gasteiger partial charge in [0.2, 0.25) is 0 Å². The van der Waals surface area contributed by atoms with E-state index in [9.17, 15) is 18.0 Å². The van der Waals surface area contributed by atoms with Crippen LogP contribution in [0.25, 0.3) is 0 Å². The highest BCUT2D eigenvalue weighted by atomic mass is 32.2. The van der Waals surface area contributed by atoms with Crippen LogP contribution in [0.2, 0.25) is 0 Å². The number of carboxylic acids is 1. The Bertz CT molecular complexity index is 666. The standard InChI is InChI=1S/C11H9NO5S/c13-9-6-3-1-2-4-7(6)10-12(9)8(11(14)15)5-18(10,16)17/h1-4,8,10H,5H2,(H,14,15)/t8-,10?/m0/s1. The third-order valence-electron chi connectivity index (χ3n) is 3.30. The van der Waals surface area contributed by atoms with Crippen LogP contribution >= 0.6 is 0 Å². The molecule has 0 bridgehead atoms. The van der Waals surface area contributed by atoms with Gasteiger partial charge in [0.1, 0.15) is 6.04 Å². The van der Waals surface area contributed by atoms with Crippen molar-refractivity contribution in [3.8, 4) is 0 Å². The third-order valence-corrected chi connectivity index (χ3v) is 5.24. The second-order valence-corrected chi connectivity index (χ2v) is 6.44. The van der Waals surface area contributed by atoms with Crippen molar-refractivity contribution in [2.45, 2.75) is 11.4 Å². The number of nitrogens with zero attached hydrogens (tertiary/aromatic N) is 1. The predicted molar refractivity (Wildman–Crippen MR) is 60.6 cm³/mol. The summed E-state index contributed by atoms with van der Waals surface area (Å²) in [6, 6.07) is 5.05. The van der Waals surface area contributed by atoms with Crippen LogP contribution in [0.4, 0.5) is 0 Å². The summed E-state index contributed by atoms with van der Waals surface area (Å²) in [4.78, 5) is 24.1. The highest BCUT2D eigenvalue weighted by molar-refractivity contribution is 7.92. The summed E-state index contributed by atoms with van der Waals surface area (Å²) in [5.74, 6) is -2.33. The largest absolute Gasteiger partial charge is 0.480 e. The number of carboxylic acid groups (broad SMARTS) is 1. The lowest BCUT2D eigenvalue weighted by molar-refractivity contribution is -0.141. The van der Waals surface area contributed by atoms with Crippen molar-refractivity contribution in [1.82, 2.24) is 4.90 Å². The fourth-order valence-corrected chi connectivity index (χ4v) is 4.66. The van der Waals surface area contributed by atoms with Crippen molar-refractivity contribution in [3.63, 3.8) is 0 Å². The fraction of sp³-hybridized carbons (Fsp3) is 0.273. The highest BCUT2D eigenvalue weighted by Gasteiger charge is 2.56. The fourth-order valence-electron chi connectivity index (χ4n) is 2.56. The zero-order valence-corrected chi connectivity index (χ0v) is 9.92. The summed E-state index contributed by atoms with van der Waals surface area (Å²) in [5, 5.41) is 7.89. The monoisotopic (exact) mass is 267 g/mol. The lowest BCUT2D eigenvalue weighted by atomic mass is 10.1. The van der Waals surface area contributed by atoms with Gasteiger partial charge in [0.05, 0.1) is 5.75 Å². The zero-order chi connectivity index (χ0) is 13.1. The number of amides is 1. The van der Waals surface area contributed by atoms with Gasteiger partial charge in [0, 0.05) is 11.1 Å². The van der Waals surface area contributed by atoms with Gasteiger partial charge in [-0.1, -0.05) is 18.2 Å². The van der Waals surface area contributed by atoms with Crippen molar-refractivity contribution in [1.29, 1.82) is 0 Å². The second kappa shape index (κ2) is 3.32. The van der Waals surface area contributed by atoms with E-state index in [1.165, 1.54) is 6.07 Å². The Hall–Kier alpha value is -1.89. The van der Waals surface area contributed by atoms with Crippen LogP contribution in [0, 0.1) is 0 Å². The molecule has 7 heteroatoms. The van der Waals surface area contributed by atoms with Crippen molar-refractivity contribution in [2.75, 3.05) is 5.75 Å². The quantitative estimate of drug-likeness (QED) is 0.774. The molecular weight excluding hydrogens is 258 g/mol. The number of rotatable bonds is 1. The van der Waals surface area contributed by atoms with Crippen molar-refractivity contribution in [3.05, 3.63) is 35.4 Å². The molecule has 2 aliphatic heterocycles. The molecule has 6 nitrogen and oxygen atoms in total. The molecule has 0 aromatic heterocycles. The molecular formula is C11H9NO5S. The van der Waals surface area contributed by atoms with Gasteiger partial charge in [-0.3, -0.25) is 4.79 Å². The molecule has 2 aliphatic rings. The maximum absolute atomic E-state index is 12.1. The van der Waals surface area contributed by atoms with E-state index in [-0.39, 0.29) is 5.56 Å². The normalized spacial score (nSPS) is 28.0. The first kappa shape index (κ1) is 11.2. The summed E-state index contributed by atoms with van der Waals surface area (Å²) < 4.78 is 24.0. The van der Waals surface area contributed by atoms with Crippen LogP contribution < -0.4 is 0 Å². The van der Waals surface area contributed by atoms with Crippen LogP contribution in [0.15, 0.2) is 24.3 Å². The summed E-state index contributed by atoms with van der Waals surface area (Å²) in [7, 11) is -3.64. The summed E-state index contributed by atoms with van der Waals surface area (Å²) >= 11 is 0. The Labute approximate surface area is 103 Å². The molecule has 1 saturated heterocycles. The van der Waals surface area contributed by atoms with Gasteiger partial charge in [-0.25, -0.2) is 13.2 Å². The lowest BCUT2D eigenvalue weighted by Gasteiger charge is -2.18. The van der Waals surface area contributed by atoms with E-state index in [1.807, 2.05) is 0 Å². The van der Waals surface area contributed by atoms with Gasteiger partial charge < -0.3 is 10.0 Å². The lowest BCUT2D eigenvalue weighted by Crippen LogP contribution is -2.39. The molecule has 0 aliphatic carbocycles. The van der Waals surface area contributed by atoms with Crippen LogP contribution in [0.1, 0.15) is 21.3 Å². The van der Waals surface area contributed by atoms with E-state index >= 15 is 0 Å². The Morgan fingerprint density at radius 2 is 2.00 bits per heavy atom. The van der Waals surface area contributed by atoms with Gasteiger partial charge in [0.15, 0.2) is 15.2 Å². The number of hydrogen-bond donors (Lipinski definition) is 1. The number of aliphatic carboxylic acids is 1. The van der Waals surface area contributed by atoms with Crippen molar-refractivity contribution < 1.29 is 23.1 Å². The maximum Gasteiger partial charge on any atom is 0.327 e. The molecule has 2 atom stereocenters. The molecule has 1 amide bonds. The van der Waals surface area contributed by atoms with Crippen LogP contribution in [0.5, 0.6) is 0 Å². The minimum atomic E-state index is -3.64. The van der Waals surface area contributed by atoms with Gasteiger partial charge in [-0.05, 0) is 6.07 Å². The molecule has 1 unspecified atom stereocenters. The average Bonchev–Trinajstić information content (AvgIpc) is 2.76.